The third-order valence-electron chi connectivity index (χ3n) is 4.80. The van der Waals surface area contributed by atoms with Crippen LogP contribution in [0.5, 0.6) is 0 Å². The van der Waals surface area contributed by atoms with E-state index in [0.717, 1.165) is 51.4 Å². The van der Waals surface area contributed by atoms with Gasteiger partial charge in [-0.3, -0.25) is 19.5 Å². The van der Waals surface area contributed by atoms with Gasteiger partial charge in [-0.05, 0) is 43.3 Å². The highest BCUT2D eigenvalue weighted by Crippen LogP contribution is 2.21. The molecule has 0 spiro atoms. The summed E-state index contributed by atoms with van der Waals surface area (Å²) in [7, 11) is 0. The summed E-state index contributed by atoms with van der Waals surface area (Å²) in [5.41, 5.74) is 2.43. The molecule has 3 rings (SSSR count). The van der Waals surface area contributed by atoms with Crippen LogP contribution < -0.4 is 16.0 Å². The van der Waals surface area contributed by atoms with Gasteiger partial charge >= 0.3 is 0 Å². The first-order valence-electron chi connectivity index (χ1n) is 10.3. The van der Waals surface area contributed by atoms with Gasteiger partial charge in [-0.15, -0.1) is 0 Å². The number of benzene rings is 1. The predicted octanol–water partition coefficient (Wildman–Crippen LogP) is 2.10. The number of morpholine rings is 1. The summed E-state index contributed by atoms with van der Waals surface area (Å²) in [5, 5.41) is 8.92. The van der Waals surface area contributed by atoms with Gasteiger partial charge in [0.25, 0.3) is 5.91 Å². The Morgan fingerprint density at radius 2 is 1.80 bits per heavy atom. The standard InChI is InChI=1S/C22H29N5O3/c1-17(28)25-19-5-2-3-6-20(19)26-22(29)21-8-7-18(16-24-21)15-23-9-4-10-27-11-13-30-14-12-27/h2-3,5-8,16,23H,4,9-15H2,1H3,(H,25,28)(H,26,29). The highest BCUT2D eigenvalue weighted by Gasteiger charge is 2.11. The Morgan fingerprint density at radius 3 is 2.47 bits per heavy atom. The number of nitrogens with zero attached hydrogens (tertiary/aromatic N) is 2. The summed E-state index contributed by atoms with van der Waals surface area (Å²) in [5.74, 6) is -0.519. The Kier molecular flexibility index (Phi) is 8.31. The van der Waals surface area contributed by atoms with Gasteiger partial charge in [0.1, 0.15) is 5.69 Å². The molecule has 2 aromatic rings. The minimum Gasteiger partial charge on any atom is -0.379 e. The second kappa shape index (κ2) is 11.4. The van der Waals surface area contributed by atoms with E-state index in [1.807, 2.05) is 6.07 Å². The molecule has 30 heavy (non-hydrogen) atoms. The molecule has 8 nitrogen and oxygen atoms in total. The van der Waals surface area contributed by atoms with Crippen molar-refractivity contribution in [2.75, 3.05) is 50.0 Å². The monoisotopic (exact) mass is 411 g/mol. The van der Waals surface area contributed by atoms with Gasteiger partial charge in [0.15, 0.2) is 0 Å². The molecule has 2 amide bonds. The van der Waals surface area contributed by atoms with Crippen LogP contribution in [0.2, 0.25) is 0 Å². The zero-order valence-electron chi connectivity index (χ0n) is 17.3. The van der Waals surface area contributed by atoms with Crippen LogP contribution in [-0.2, 0) is 16.1 Å². The fourth-order valence-electron chi connectivity index (χ4n) is 3.23. The number of hydrogen-bond acceptors (Lipinski definition) is 6. The zero-order valence-corrected chi connectivity index (χ0v) is 17.3. The summed E-state index contributed by atoms with van der Waals surface area (Å²) in [6, 6.07) is 10.7. The van der Waals surface area contributed by atoms with Gasteiger partial charge in [0.2, 0.25) is 5.91 Å². The van der Waals surface area contributed by atoms with E-state index < -0.39 is 0 Å². The van der Waals surface area contributed by atoms with E-state index in [-0.39, 0.29) is 11.8 Å². The molecule has 1 saturated heterocycles. The number of amides is 2. The molecule has 8 heteroatoms. The van der Waals surface area contributed by atoms with Crippen LogP contribution in [0.3, 0.4) is 0 Å². The van der Waals surface area contributed by atoms with Crippen molar-refractivity contribution in [1.29, 1.82) is 0 Å². The number of aromatic nitrogens is 1. The first-order valence-corrected chi connectivity index (χ1v) is 10.3. The van der Waals surface area contributed by atoms with Crippen LogP contribution in [-0.4, -0.2) is 61.1 Å². The number of hydrogen-bond donors (Lipinski definition) is 3. The fraction of sp³-hybridized carbons (Fsp3) is 0.409. The van der Waals surface area contributed by atoms with Crippen molar-refractivity contribution in [1.82, 2.24) is 15.2 Å². The Morgan fingerprint density at radius 1 is 1.07 bits per heavy atom. The lowest BCUT2D eigenvalue weighted by molar-refractivity contribution is -0.114. The van der Waals surface area contributed by atoms with Gasteiger partial charge in [-0.25, -0.2) is 0 Å². The Bertz CT molecular complexity index is 835. The Hall–Kier alpha value is -2.81. The summed E-state index contributed by atoms with van der Waals surface area (Å²) in [6.07, 6.45) is 2.80. The number of para-hydroxylation sites is 2. The molecule has 0 saturated carbocycles. The maximum atomic E-state index is 12.5. The molecule has 0 aliphatic carbocycles. The maximum Gasteiger partial charge on any atom is 0.274 e. The summed E-state index contributed by atoms with van der Waals surface area (Å²) in [6.45, 7) is 7.84. The lowest BCUT2D eigenvalue weighted by Gasteiger charge is -2.26. The average molecular weight is 412 g/mol. The molecule has 1 aliphatic heterocycles. The largest absolute Gasteiger partial charge is 0.379 e. The van der Waals surface area contributed by atoms with Crippen LogP contribution in [0.4, 0.5) is 11.4 Å². The number of carbonyl (C=O) groups excluding carboxylic acids is 2. The summed E-state index contributed by atoms with van der Waals surface area (Å²) in [4.78, 5) is 30.5. The van der Waals surface area contributed by atoms with Crippen LogP contribution in [0, 0.1) is 0 Å². The van der Waals surface area contributed by atoms with Gasteiger partial charge in [0.05, 0.1) is 24.6 Å². The van der Waals surface area contributed by atoms with Crippen molar-refractivity contribution < 1.29 is 14.3 Å². The number of pyridine rings is 1. The van der Waals surface area contributed by atoms with Crippen molar-refractivity contribution in [2.45, 2.75) is 19.9 Å². The molecule has 1 aromatic heterocycles. The average Bonchev–Trinajstić information content (AvgIpc) is 2.76. The molecule has 1 aromatic carbocycles. The van der Waals surface area contributed by atoms with Crippen LogP contribution in [0.15, 0.2) is 42.6 Å². The van der Waals surface area contributed by atoms with E-state index in [1.54, 1.807) is 36.5 Å². The quantitative estimate of drug-likeness (QED) is 0.547. The lowest BCUT2D eigenvalue weighted by atomic mass is 10.2. The maximum absolute atomic E-state index is 12.5. The molecule has 0 atom stereocenters. The van der Waals surface area contributed by atoms with E-state index >= 15 is 0 Å². The van der Waals surface area contributed by atoms with Crippen molar-refractivity contribution in [3.8, 4) is 0 Å². The third-order valence-corrected chi connectivity index (χ3v) is 4.80. The van der Waals surface area contributed by atoms with Crippen molar-refractivity contribution >= 4 is 23.2 Å². The minimum atomic E-state index is -0.321. The highest BCUT2D eigenvalue weighted by molar-refractivity contribution is 6.06. The summed E-state index contributed by atoms with van der Waals surface area (Å²) < 4.78 is 5.36. The second-order valence-electron chi connectivity index (χ2n) is 7.22. The molecule has 1 fully saturated rings. The van der Waals surface area contributed by atoms with E-state index in [1.165, 1.54) is 6.92 Å². The van der Waals surface area contributed by atoms with E-state index in [4.69, 9.17) is 4.74 Å². The number of carbonyl (C=O) groups is 2. The van der Waals surface area contributed by atoms with Crippen molar-refractivity contribution in [3.05, 3.63) is 53.9 Å². The van der Waals surface area contributed by atoms with Crippen LogP contribution in [0.25, 0.3) is 0 Å². The topological polar surface area (TPSA) is 95.6 Å². The molecular formula is C22H29N5O3. The number of ether oxygens (including phenoxy) is 1. The number of nitrogens with one attached hydrogen (secondary N) is 3. The van der Waals surface area contributed by atoms with Gasteiger partial charge in [0, 0.05) is 32.8 Å². The van der Waals surface area contributed by atoms with Gasteiger partial charge in [-0.2, -0.15) is 0 Å². The number of anilines is 2. The lowest BCUT2D eigenvalue weighted by Crippen LogP contribution is -2.37. The van der Waals surface area contributed by atoms with E-state index in [0.29, 0.717) is 23.6 Å². The molecule has 2 heterocycles. The minimum absolute atomic E-state index is 0.198. The molecule has 0 unspecified atom stereocenters. The Labute approximate surface area is 177 Å². The molecule has 0 radical (unpaired) electrons. The fourth-order valence-corrected chi connectivity index (χ4v) is 3.23. The van der Waals surface area contributed by atoms with Crippen molar-refractivity contribution in [3.63, 3.8) is 0 Å². The van der Waals surface area contributed by atoms with Gasteiger partial charge in [-0.1, -0.05) is 18.2 Å². The number of rotatable bonds is 9. The third kappa shape index (κ3) is 6.91. The SMILES string of the molecule is CC(=O)Nc1ccccc1NC(=O)c1ccc(CNCCCN2CCOCC2)cn1. The smallest absolute Gasteiger partial charge is 0.274 e. The van der Waals surface area contributed by atoms with Crippen LogP contribution >= 0.6 is 0 Å². The second-order valence-corrected chi connectivity index (χ2v) is 7.22. The van der Waals surface area contributed by atoms with Gasteiger partial charge < -0.3 is 20.7 Å². The normalized spacial score (nSPS) is 14.3. The molecule has 0 bridgehead atoms. The molecule has 160 valence electrons. The van der Waals surface area contributed by atoms with Crippen molar-refractivity contribution in [2.24, 2.45) is 0 Å². The molecule has 3 N–H and O–H groups in total. The first kappa shape index (κ1) is 21.9. The highest BCUT2D eigenvalue weighted by atomic mass is 16.5. The van der Waals surface area contributed by atoms with E-state index in [9.17, 15) is 9.59 Å². The zero-order chi connectivity index (χ0) is 21.2. The predicted molar refractivity (Wildman–Crippen MR) is 117 cm³/mol. The van der Waals surface area contributed by atoms with E-state index in [2.05, 4.69) is 25.8 Å². The first-order chi connectivity index (χ1) is 14.6. The Balaban J connectivity index is 1.43. The van der Waals surface area contributed by atoms with Crippen LogP contribution in [0.1, 0.15) is 29.4 Å². The summed E-state index contributed by atoms with van der Waals surface area (Å²) >= 11 is 0. The molecular weight excluding hydrogens is 382 g/mol. The molecule has 1 aliphatic rings.